The number of hydrogen-bond acceptors (Lipinski definition) is 3. The summed E-state index contributed by atoms with van der Waals surface area (Å²) in [6.45, 7) is 0.473. The van der Waals surface area contributed by atoms with Gasteiger partial charge in [-0.3, -0.25) is 0 Å². The molecule has 0 aromatic heterocycles. The molecule has 4 nitrogen and oxygen atoms in total. The van der Waals surface area contributed by atoms with E-state index < -0.39 is 16.1 Å². The molecule has 1 saturated heterocycles. The normalized spacial score (nSPS) is 21.2. The van der Waals surface area contributed by atoms with Crippen LogP contribution in [0.5, 0.6) is 0 Å². The van der Waals surface area contributed by atoms with Crippen molar-refractivity contribution < 1.29 is 13.2 Å². The topological polar surface area (TPSA) is 54.5 Å². The molecule has 1 aromatic rings. The molecule has 19 heavy (non-hydrogen) atoms. The van der Waals surface area contributed by atoms with Crippen LogP contribution in [0.25, 0.3) is 0 Å². The van der Waals surface area contributed by atoms with Crippen molar-refractivity contribution in [3.8, 4) is 0 Å². The van der Waals surface area contributed by atoms with Gasteiger partial charge < -0.3 is 4.79 Å². The molecule has 1 aliphatic heterocycles. The molecule has 1 atom stereocenters. The fraction of sp³-hybridized carbons (Fsp3) is 0.500. The van der Waals surface area contributed by atoms with Crippen molar-refractivity contribution in [3.63, 3.8) is 0 Å². The van der Waals surface area contributed by atoms with E-state index in [-0.39, 0.29) is 5.75 Å². The lowest BCUT2D eigenvalue weighted by Crippen LogP contribution is -2.45. The second-order valence-corrected chi connectivity index (χ2v) is 6.90. The van der Waals surface area contributed by atoms with E-state index in [0.717, 1.165) is 24.7 Å². The van der Waals surface area contributed by atoms with Crippen LogP contribution in [0.1, 0.15) is 24.8 Å². The summed E-state index contributed by atoms with van der Waals surface area (Å²) in [7, 11) is -3.34. The molecule has 0 spiro atoms. The summed E-state index contributed by atoms with van der Waals surface area (Å²) in [6.07, 6.45) is 3.67. The van der Waals surface area contributed by atoms with Crippen LogP contribution in [-0.2, 0) is 21.2 Å². The minimum absolute atomic E-state index is 0.0708. The Balaban J connectivity index is 2.03. The number of nitrogens with zero attached hydrogens (tertiary/aromatic N) is 1. The van der Waals surface area contributed by atoms with Crippen molar-refractivity contribution in [1.82, 2.24) is 4.31 Å². The Kier molecular flexibility index (Phi) is 4.71. The van der Waals surface area contributed by atoms with E-state index in [1.807, 2.05) is 30.3 Å². The molecule has 0 N–H and O–H groups in total. The maximum Gasteiger partial charge on any atom is 0.215 e. The summed E-state index contributed by atoms with van der Waals surface area (Å²) in [5, 5.41) is 0. The lowest BCUT2D eigenvalue weighted by molar-refractivity contribution is -0.111. The van der Waals surface area contributed by atoms with Crippen LogP contribution in [0, 0.1) is 0 Å². The van der Waals surface area contributed by atoms with Gasteiger partial charge >= 0.3 is 0 Å². The summed E-state index contributed by atoms with van der Waals surface area (Å²) >= 11 is 0. The zero-order chi connectivity index (χ0) is 13.7. The predicted octanol–water partition coefficient (Wildman–Crippen LogP) is 1.61. The number of carbonyl (C=O) groups excluding carboxylic acids is 1. The van der Waals surface area contributed by atoms with Crippen LogP contribution >= 0.6 is 0 Å². The predicted molar refractivity (Wildman–Crippen MR) is 74.3 cm³/mol. The molecule has 1 fully saturated rings. The molecule has 1 unspecified atom stereocenters. The number of hydrogen-bond donors (Lipinski definition) is 0. The van der Waals surface area contributed by atoms with Crippen molar-refractivity contribution in [2.24, 2.45) is 0 Å². The Morgan fingerprint density at radius 1 is 1.21 bits per heavy atom. The van der Waals surface area contributed by atoms with E-state index in [1.54, 1.807) is 0 Å². The van der Waals surface area contributed by atoms with Gasteiger partial charge in [-0.2, -0.15) is 4.31 Å². The minimum atomic E-state index is -3.34. The molecule has 0 bridgehead atoms. The zero-order valence-corrected chi connectivity index (χ0v) is 11.7. The second kappa shape index (κ2) is 6.30. The van der Waals surface area contributed by atoms with Crippen LogP contribution in [-0.4, -0.2) is 37.3 Å². The number of sulfonamides is 1. The van der Waals surface area contributed by atoms with Crippen molar-refractivity contribution in [2.45, 2.75) is 31.7 Å². The van der Waals surface area contributed by atoms with Gasteiger partial charge in [0.2, 0.25) is 10.0 Å². The van der Waals surface area contributed by atoms with E-state index in [0.29, 0.717) is 19.4 Å². The number of aryl methyl sites for hydroxylation is 1. The van der Waals surface area contributed by atoms with Crippen LogP contribution in [0.2, 0.25) is 0 Å². The number of carbonyl (C=O) groups is 1. The van der Waals surface area contributed by atoms with Gasteiger partial charge in [-0.05, 0) is 24.8 Å². The third-order valence-corrected chi connectivity index (χ3v) is 5.39. The van der Waals surface area contributed by atoms with Gasteiger partial charge in [0.05, 0.1) is 11.8 Å². The Morgan fingerprint density at radius 2 is 1.95 bits per heavy atom. The first-order valence-electron chi connectivity index (χ1n) is 6.62. The van der Waals surface area contributed by atoms with Gasteiger partial charge in [0.1, 0.15) is 6.29 Å². The Hall–Kier alpha value is -1.20. The maximum absolute atomic E-state index is 12.3. The first kappa shape index (κ1) is 14.2. The fourth-order valence-electron chi connectivity index (χ4n) is 2.42. The van der Waals surface area contributed by atoms with Gasteiger partial charge in [0, 0.05) is 6.54 Å². The van der Waals surface area contributed by atoms with E-state index >= 15 is 0 Å². The summed E-state index contributed by atoms with van der Waals surface area (Å²) in [4.78, 5) is 11.0. The van der Waals surface area contributed by atoms with Gasteiger partial charge in [-0.25, -0.2) is 8.42 Å². The lowest BCUT2D eigenvalue weighted by Gasteiger charge is -2.31. The number of piperidine rings is 1. The molecule has 0 saturated carbocycles. The Bertz CT molecular complexity index is 513. The number of benzene rings is 1. The average molecular weight is 281 g/mol. The van der Waals surface area contributed by atoms with E-state index in [1.165, 1.54) is 4.31 Å². The monoisotopic (exact) mass is 281 g/mol. The van der Waals surface area contributed by atoms with Crippen LogP contribution in [0.3, 0.4) is 0 Å². The molecule has 0 aliphatic carbocycles. The third kappa shape index (κ3) is 3.64. The molecular formula is C14H19NO3S. The molecule has 1 aliphatic rings. The highest BCUT2D eigenvalue weighted by molar-refractivity contribution is 7.89. The number of aldehydes is 1. The summed E-state index contributed by atoms with van der Waals surface area (Å²) in [6, 6.07) is 9.08. The van der Waals surface area contributed by atoms with E-state index in [9.17, 15) is 13.2 Å². The zero-order valence-electron chi connectivity index (χ0n) is 10.9. The maximum atomic E-state index is 12.3. The molecule has 104 valence electrons. The van der Waals surface area contributed by atoms with Crippen LogP contribution in [0.15, 0.2) is 30.3 Å². The highest BCUT2D eigenvalue weighted by atomic mass is 32.2. The van der Waals surface area contributed by atoms with Crippen LogP contribution < -0.4 is 0 Å². The molecule has 1 heterocycles. The SMILES string of the molecule is O=CC1CCCCN1S(=O)(=O)CCc1ccccc1. The smallest absolute Gasteiger partial charge is 0.215 e. The molecule has 2 rings (SSSR count). The standard InChI is InChI=1S/C14H19NO3S/c16-12-14-8-4-5-10-15(14)19(17,18)11-9-13-6-2-1-3-7-13/h1-3,6-7,12,14H,4-5,8-11H2. The van der Waals surface area contributed by atoms with Gasteiger partial charge in [-0.15, -0.1) is 0 Å². The van der Waals surface area contributed by atoms with E-state index in [4.69, 9.17) is 0 Å². The first-order valence-corrected chi connectivity index (χ1v) is 8.23. The molecule has 0 radical (unpaired) electrons. The second-order valence-electron chi connectivity index (χ2n) is 4.86. The van der Waals surface area contributed by atoms with Gasteiger partial charge in [0.25, 0.3) is 0 Å². The largest absolute Gasteiger partial charge is 0.302 e. The van der Waals surface area contributed by atoms with Gasteiger partial charge in [0.15, 0.2) is 0 Å². The van der Waals surface area contributed by atoms with Gasteiger partial charge in [-0.1, -0.05) is 36.8 Å². The molecule has 5 heteroatoms. The van der Waals surface area contributed by atoms with Crippen molar-refractivity contribution in [3.05, 3.63) is 35.9 Å². The Labute approximate surface area is 114 Å². The third-order valence-electron chi connectivity index (χ3n) is 3.50. The molecule has 0 amide bonds. The highest BCUT2D eigenvalue weighted by Gasteiger charge is 2.31. The Morgan fingerprint density at radius 3 is 2.63 bits per heavy atom. The quantitative estimate of drug-likeness (QED) is 0.771. The molecular weight excluding hydrogens is 262 g/mol. The molecule has 1 aromatic carbocycles. The summed E-state index contributed by atoms with van der Waals surface area (Å²) in [5.41, 5.74) is 1.01. The van der Waals surface area contributed by atoms with E-state index in [2.05, 4.69) is 0 Å². The summed E-state index contributed by atoms with van der Waals surface area (Å²) in [5.74, 6) is 0.0708. The van der Waals surface area contributed by atoms with Crippen molar-refractivity contribution >= 4 is 16.3 Å². The lowest BCUT2D eigenvalue weighted by atomic mass is 10.1. The average Bonchev–Trinajstić information content (AvgIpc) is 2.46. The fourth-order valence-corrected chi connectivity index (χ4v) is 4.12. The van der Waals surface area contributed by atoms with Crippen molar-refractivity contribution in [2.75, 3.05) is 12.3 Å². The first-order chi connectivity index (χ1) is 9.13. The highest BCUT2D eigenvalue weighted by Crippen LogP contribution is 2.20. The number of rotatable bonds is 5. The summed E-state index contributed by atoms with van der Waals surface area (Å²) < 4.78 is 26.0. The van der Waals surface area contributed by atoms with Crippen molar-refractivity contribution in [1.29, 1.82) is 0 Å². The van der Waals surface area contributed by atoms with Crippen LogP contribution in [0.4, 0.5) is 0 Å². The minimum Gasteiger partial charge on any atom is -0.302 e.